The van der Waals surface area contributed by atoms with Crippen molar-refractivity contribution in [2.24, 2.45) is 4.99 Å². The summed E-state index contributed by atoms with van der Waals surface area (Å²) in [6.07, 6.45) is 5.77. The Morgan fingerprint density at radius 2 is 1.90 bits per heavy atom. The fourth-order valence-corrected chi connectivity index (χ4v) is 3.26. The first-order chi connectivity index (χ1) is 13.9. The Kier molecular flexibility index (Phi) is 11.7. The normalized spacial score (nSPS) is 11.5. The Bertz CT molecular complexity index is 903. The van der Waals surface area contributed by atoms with Crippen molar-refractivity contribution in [2.75, 3.05) is 26.5 Å². The molecule has 0 atom stereocenters. The van der Waals surface area contributed by atoms with Crippen LogP contribution in [0.3, 0.4) is 0 Å². The molecule has 0 bridgehead atoms. The minimum Gasteiger partial charge on any atom is -0.477 e. The molecule has 30 heavy (non-hydrogen) atoms. The Hall–Kier alpha value is -1.88. The number of hydrogen-bond donors (Lipinski definition) is 2. The molecule has 1 heterocycles. The van der Waals surface area contributed by atoms with Gasteiger partial charge >= 0.3 is 0 Å². The van der Waals surface area contributed by atoms with Gasteiger partial charge in [-0.3, -0.25) is 4.99 Å². The highest BCUT2D eigenvalue weighted by molar-refractivity contribution is 14.0. The molecule has 0 unspecified atom stereocenters. The molecule has 0 spiro atoms. The summed E-state index contributed by atoms with van der Waals surface area (Å²) in [5, 5.41) is 6.54. The molecule has 9 heteroatoms. The van der Waals surface area contributed by atoms with Crippen molar-refractivity contribution < 1.29 is 13.2 Å². The molecule has 0 amide bonds. The summed E-state index contributed by atoms with van der Waals surface area (Å²) in [5.74, 6) is 1.33. The van der Waals surface area contributed by atoms with E-state index in [1.807, 2.05) is 24.3 Å². The van der Waals surface area contributed by atoms with Crippen LogP contribution in [0.5, 0.6) is 5.88 Å². The van der Waals surface area contributed by atoms with Gasteiger partial charge in [-0.25, -0.2) is 13.4 Å². The standard InChI is InChI=1S/C21H30N4O3S.HI/c1-4-5-15-28-20-18(7-6-13-23-20)16-25-21(22-2)24-14-12-17-8-10-19(11-9-17)29(3,26)27;/h6-11,13H,4-5,12,14-16H2,1-3H3,(H2,22,24,25);1H. The van der Waals surface area contributed by atoms with Crippen LogP contribution >= 0.6 is 24.0 Å². The summed E-state index contributed by atoms with van der Waals surface area (Å²) in [6, 6.07) is 10.8. The van der Waals surface area contributed by atoms with E-state index in [0.29, 0.717) is 36.4 Å². The third-order valence-corrected chi connectivity index (χ3v) is 5.44. The molecular weight excluding hydrogens is 515 g/mol. The zero-order valence-electron chi connectivity index (χ0n) is 17.7. The number of halogens is 1. The minimum absolute atomic E-state index is 0. The van der Waals surface area contributed by atoms with Crippen LogP contribution in [-0.2, 0) is 22.8 Å². The molecule has 0 aliphatic carbocycles. The van der Waals surface area contributed by atoms with Crippen LogP contribution in [0.15, 0.2) is 52.5 Å². The number of unbranched alkanes of at least 4 members (excludes halogenated alkanes) is 1. The largest absolute Gasteiger partial charge is 0.477 e. The van der Waals surface area contributed by atoms with E-state index >= 15 is 0 Å². The lowest BCUT2D eigenvalue weighted by Gasteiger charge is -2.14. The molecule has 0 saturated carbocycles. The van der Waals surface area contributed by atoms with Gasteiger partial charge in [0.1, 0.15) is 0 Å². The van der Waals surface area contributed by atoms with Crippen molar-refractivity contribution in [1.29, 1.82) is 0 Å². The molecule has 0 saturated heterocycles. The van der Waals surface area contributed by atoms with Crippen LogP contribution in [-0.4, -0.2) is 45.8 Å². The number of guanidine groups is 1. The lowest BCUT2D eigenvalue weighted by atomic mass is 10.1. The number of sulfone groups is 1. The monoisotopic (exact) mass is 546 g/mol. The topological polar surface area (TPSA) is 92.7 Å². The van der Waals surface area contributed by atoms with Gasteiger partial charge in [0.25, 0.3) is 0 Å². The molecule has 166 valence electrons. The number of aromatic nitrogens is 1. The van der Waals surface area contributed by atoms with Crippen LogP contribution in [0.2, 0.25) is 0 Å². The summed E-state index contributed by atoms with van der Waals surface area (Å²) >= 11 is 0. The first kappa shape index (κ1) is 26.2. The number of hydrogen-bond acceptors (Lipinski definition) is 5. The number of aliphatic imine (C=N–C) groups is 1. The Morgan fingerprint density at radius 3 is 2.53 bits per heavy atom. The summed E-state index contributed by atoms with van der Waals surface area (Å²) in [7, 11) is -1.44. The SMILES string of the molecule is CCCCOc1ncccc1CNC(=NC)NCCc1ccc(S(C)(=O)=O)cc1.I. The molecule has 2 N–H and O–H groups in total. The van der Waals surface area contributed by atoms with E-state index in [0.717, 1.165) is 30.4 Å². The number of nitrogens with one attached hydrogen (secondary N) is 2. The summed E-state index contributed by atoms with van der Waals surface area (Å²) in [5.41, 5.74) is 2.03. The third kappa shape index (κ3) is 8.86. The van der Waals surface area contributed by atoms with E-state index in [2.05, 4.69) is 27.5 Å². The molecule has 2 aromatic rings. The first-order valence-electron chi connectivity index (χ1n) is 9.74. The van der Waals surface area contributed by atoms with E-state index in [1.54, 1.807) is 25.4 Å². The van der Waals surface area contributed by atoms with Gasteiger partial charge in [0.15, 0.2) is 15.8 Å². The Labute approximate surface area is 196 Å². The van der Waals surface area contributed by atoms with Crippen LogP contribution in [0, 0.1) is 0 Å². The van der Waals surface area contributed by atoms with E-state index in [-0.39, 0.29) is 24.0 Å². The van der Waals surface area contributed by atoms with Gasteiger partial charge in [-0.05, 0) is 36.6 Å². The summed E-state index contributed by atoms with van der Waals surface area (Å²) in [4.78, 5) is 8.89. The van der Waals surface area contributed by atoms with Gasteiger partial charge in [-0.2, -0.15) is 0 Å². The smallest absolute Gasteiger partial charge is 0.218 e. The molecule has 2 rings (SSSR count). The van der Waals surface area contributed by atoms with Gasteiger partial charge in [0.2, 0.25) is 5.88 Å². The van der Waals surface area contributed by atoms with Crippen LogP contribution < -0.4 is 15.4 Å². The number of rotatable bonds is 10. The van der Waals surface area contributed by atoms with Crippen molar-refractivity contribution >= 4 is 39.8 Å². The van der Waals surface area contributed by atoms with Crippen molar-refractivity contribution in [2.45, 2.75) is 37.6 Å². The van der Waals surface area contributed by atoms with Crippen LogP contribution in [0.1, 0.15) is 30.9 Å². The zero-order chi connectivity index (χ0) is 21.1. The Balaban J connectivity index is 0.00000450. The van der Waals surface area contributed by atoms with Crippen molar-refractivity contribution in [3.05, 3.63) is 53.7 Å². The molecule has 0 radical (unpaired) electrons. The number of pyridine rings is 1. The molecule has 0 fully saturated rings. The zero-order valence-corrected chi connectivity index (χ0v) is 20.9. The number of benzene rings is 1. The lowest BCUT2D eigenvalue weighted by molar-refractivity contribution is 0.294. The second-order valence-corrected chi connectivity index (χ2v) is 8.70. The van der Waals surface area contributed by atoms with Crippen LogP contribution in [0.25, 0.3) is 0 Å². The fourth-order valence-electron chi connectivity index (χ4n) is 2.63. The van der Waals surface area contributed by atoms with Crippen molar-refractivity contribution in [3.8, 4) is 5.88 Å². The van der Waals surface area contributed by atoms with Gasteiger partial charge in [-0.15, -0.1) is 24.0 Å². The van der Waals surface area contributed by atoms with E-state index in [1.165, 1.54) is 6.26 Å². The predicted molar refractivity (Wildman–Crippen MR) is 132 cm³/mol. The average molecular weight is 546 g/mol. The van der Waals surface area contributed by atoms with Gasteiger partial charge < -0.3 is 15.4 Å². The average Bonchev–Trinajstić information content (AvgIpc) is 2.71. The third-order valence-electron chi connectivity index (χ3n) is 4.31. The van der Waals surface area contributed by atoms with E-state index in [4.69, 9.17) is 4.74 Å². The number of nitrogens with zero attached hydrogens (tertiary/aromatic N) is 2. The van der Waals surface area contributed by atoms with E-state index < -0.39 is 9.84 Å². The van der Waals surface area contributed by atoms with Gasteiger partial charge in [0, 0.05) is 38.2 Å². The lowest BCUT2D eigenvalue weighted by Crippen LogP contribution is -2.38. The van der Waals surface area contributed by atoms with Crippen molar-refractivity contribution in [1.82, 2.24) is 15.6 Å². The number of ether oxygens (including phenoxy) is 1. The minimum atomic E-state index is -3.16. The highest BCUT2D eigenvalue weighted by Crippen LogP contribution is 2.14. The molecule has 0 aliphatic rings. The Morgan fingerprint density at radius 1 is 1.17 bits per heavy atom. The summed E-state index contributed by atoms with van der Waals surface area (Å²) < 4.78 is 28.8. The highest BCUT2D eigenvalue weighted by Gasteiger charge is 2.07. The molecule has 0 aliphatic heterocycles. The predicted octanol–water partition coefficient (Wildman–Crippen LogP) is 3.19. The van der Waals surface area contributed by atoms with E-state index in [9.17, 15) is 8.42 Å². The second kappa shape index (κ2) is 13.4. The summed E-state index contributed by atoms with van der Waals surface area (Å²) in [6.45, 7) is 4.01. The molecule has 1 aromatic heterocycles. The maximum absolute atomic E-state index is 11.5. The molecular formula is C21H31IN4O3S. The highest BCUT2D eigenvalue weighted by atomic mass is 127. The van der Waals surface area contributed by atoms with Gasteiger partial charge in [-0.1, -0.05) is 31.5 Å². The molecule has 7 nitrogen and oxygen atoms in total. The second-order valence-electron chi connectivity index (χ2n) is 6.69. The van der Waals surface area contributed by atoms with Gasteiger partial charge in [0.05, 0.1) is 11.5 Å². The first-order valence-corrected chi connectivity index (χ1v) is 11.6. The molecule has 1 aromatic carbocycles. The quantitative estimate of drug-likeness (QED) is 0.206. The fraction of sp³-hybridized carbons (Fsp3) is 0.429. The maximum atomic E-state index is 11.5. The van der Waals surface area contributed by atoms with Crippen LogP contribution in [0.4, 0.5) is 0 Å². The van der Waals surface area contributed by atoms with Crippen molar-refractivity contribution in [3.63, 3.8) is 0 Å². The maximum Gasteiger partial charge on any atom is 0.218 e.